The standard InChI is InChI=1S/C18H28N2O5/c1-6-7-15(18(22)23)19-12(3)17(21)20-11(2)14-10-13(24-4)8-9-16(14)25-5/h8-12,15,19H,6-7H2,1-5H3,(H,20,21)(H,22,23). The number of carbonyl (C=O) groups excluding carboxylic acids is 1. The highest BCUT2D eigenvalue weighted by atomic mass is 16.5. The number of carboxylic acids is 1. The molecule has 0 radical (unpaired) electrons. The number of rotatable bonds is 10. The number of nitrogens with one attached hydrogen (secondary N) is 2. The summed E-state index contributed by atoms with van der Waals surface area (Å²) in [5, 5.41) is 14.9. The molecule has 0 aliphatic rings. The summed E-state index contributed by atoms with van der Waals surface area (Å²) in [7, 11) is 3.13. The lowest BCUT2D eigenvalue weighted by molar-refractivity contribution is -0.140. The number of hydrogen-bond acceptors (Lipinski definition) is 5. The zero-order valence-electron chi connectivity index (χ0n) is 15.5. The van der Waals surface area contributed by atoms with Gasteiger partial charge in [-0.05, 0) is 38.5 Å². The second-order valence-corrected chi connectivity index (χ2v) is 5.91. The molecule has 0 aliphatic carbocycles. The fourth-order valence-electron chi connectivity index (χ4n) is 2.54. The third kappa shape index (κ3) is 5.94. The Bertz CT molecular complexity index is 591. The van der Waals surface area contributed by atoms with Gasteiger partial charge in [0.05, 0.1) is 26.3 Å². The van der Waals surface area contributed by atoms with Crippen LogP contribution in [0.15, 0.2) is 18.2 Å². The molecule has 1 rings (SSSR count). The lowest BCUT2D eigenvalue weighted by Crippen LogP contribution is -2.49. The first-order chi connectivity index (χ1) is 11.8. The van der Waals surface area contributed by atoms with Crippen LogP contribution in [0.3, 0.4) is 0 Å². The van der Waals surface area contributed by atoms with Crippen molar-refractivity contribution in [3.8, 4) is 11.5 Å². The molecule has 0 saturated carbocycles. The minimum Gasteiger partial charge on any atom is -0.497 e. The van der Waals surface area contributed by atoms with E-state index in [1.165, 1.54) is 0 Å². The summed E-state index contributed by atoms with van der Waals surface area (Å²) >= 11 is 0. The van der Waals surface area contributed by atoms with Crippen molar-refractivity contribution in [3.63, 3.8) is 0 Å². The topological polar surface area (TPSA) is 96.9 Å². The second-order valence-electron chi connectivity index (χ2n) is 5.91. The summed E-state index contributed by atoms with van der Waals surface area (Å²) < 4.78 is 10.6. The Morgan fingerprint density at radius 2 is 1.88 bits per heavy atom. The summed E-state index contributed by atoms with van der Waals surface area (Å²) in [6.45, 7) is 5.39. The molecule has 1 aromatic rings. The van der Waals surface area contributed by atoms with E-state index in [4.69, 9.17) is 9.47 Å². The van der Waals surface area contributed by atoms with Crippen LogP contribution in [0.4, 0.5) is 0 Å². The summed E-state index contributed by atoms with van der Waals surface area (Å²) in [4.78, 5) is 23.6. The van der Waals surface area contributed by atoms with Crippen LogP contribution >= 0.6 is 0 Å². The molecule has 7 nitrogen and oxygen atoms in total. The highest BCUT2D eigenvalue weighted by Crippen LogP contribution is 2.29. The van der Waals surface area contributed by atoms with Crippen molar-refractivity contribution in [2.45, 2.75) is 51.7 Å². The molecule has 3 N–H and O–H groups in total. The predicted molar refractivity (Wildman–Crippen MR) is 95.0 cm³/mol. The Morgan fingerprint density at radius 1 is 1.20 bits per heavy atom. The van der Waals surface area contributed by atoms with Gasteiger partial charge in [-0.1, -0.05) is 13.3 Å². The van der Waals surface area contributed by atoms with Gasteiger partial charge in [-0.25, -0.2) is 0 Å². The fourth-order valence-corrected chi connectivity index (χ4v) is 2.54. The average Bonchev–Trinajstić information content (AvgIpc) is 2.60. The zero-order valence-corrected chi connectivity index (χ0v) is 15.5. The van der Waals surface area contributed by atoms with Crippen molar-refractivity contribution >= 4 is 11.9 Å². The normalized spacial score (nSPS) is 14.3. The van der Waals surface area contributed by atoms with Crippen molar-refractivity contribution < 1.29 is 24.2 Å². The van der Waals surface area contributed by atoms with Crippen molar-refractivity contribution in [1.82, 2.24) is 10.6 Å². The summed E-state index contributed by atoms with van der Waals surface area (Å²) in [6, 6.07) is 3.66. The molecule has 1 amide bonds. The molecule has 0 bridgehead atoms. The van der Waals surface area contributed by atoms with Crippen LogP contribution < -0.4 is 20.1 Å². The predicted octanol–water partition coefficient (Wildman–Crippen LogP) is 2.11. The summed E-state index contributed by atoms with van der Waals surface area (Å²) in [5.41, 5.74) is 0.783. The molecule has 140 valence electrons. The lowest BCUT2D eigenvalue weighted by atomic mass is 10.1. The minimum atomic E-state index is -0.955. The molecule has 3 atom stereocenters. The molecular weight excluding hydrogens is 324 g/mol. The molecule has 0 fully saturated rings. The number of aliphatic carboxylic acids is 1. The Labute approximate surface area is 148 Å². The molecule has 0 aromatic heterocycles. The Morgan fingerprint density at radius 3 is 2.40 bits per heavy atom. The fraction of sp³-hybridized carbons (Fsp3) is 0.556. The van der Waals surface area contributed by atoms with Gasteiger partial charge in [-0.15, -0.1) is 0 Å². The van der Waals surface area contributed by atoms with Crippen molar-refractivity contribution in [2.24, 2.45) is 0 Å². The van der Waals surface area contributed by atoms with Crippen LogP contribution in [0.2, 0.25) is 0 Å². The van der Waals surface area contributed by atoms with E-state index in [1.807, 2.05) is 13.8 Å². The van der Waals surface area contributed by atoms with Gasteiger partial charge in [0, 0.05) is 5.56 Å². The van der Waals surface area contributed by atoms with Crippen LogP contribution in [0.1, 0.15) is 45.2 Å². The third-order valence-electron chi connectivity index (χ3n) is 3.98. The molecule has 25 heavy (non-hydrogen) atoms. The maximum absolute atomic E-state index is 12.4. The molecule has 0 spiro atoms. The molecule has 1 aromatic carbocycles. The van der Waals surface area contributed by atoms with Crippen molar-refractivity contribution in [3.05, 3.63) is 23.8 Å². The number of amides is 1. The van der Waals surface area contributed by atoms with Gasteiger partial charge in [-0.3, -0.25) is 14.9 Å². The Hall–Kier alpha value is -2.28. The van der Waals surface area contributed by atoms with Gasteiger partial charge in [0.1, 0.15) is 17.5 Å². The number of methoxy groups -OCH3 is 2. The zero-order chi connectivity index (χ0) is 19.0. The van der Waals surface area contributed by atoms with E-state index in [9.17, 15) is 14.7 Å². The van der Waals surface area contributed by atoms with Crippen LogP contribution in [0, 0.1) is 0 Å². The molecule has 0 heterocycles. The van der Waals surface area contributed by atoms with Crippen LogP contribution in [-0.4, -0.2) is 43.3 Å². The Kier molecular flexibility index (Phi) is 8.21. The number of carbonyl (C=O) groups is 2. The monoisotopic (exact) mass is 352 g/mol. The maximum atomic E-state index is 12.4. The van der Waals surface area contributed by atoms with Gasteiger partial charge in [-0.2, -0.15) is 0 Å². The summed E-state index contributed by atoms with van der Waals surface area (Å²) in [5.74, 6) is 0.0734. The van der Waals surface area contributed by atoms with Crippen LogP contribution in [0.5, 0.6) is 11.5 Å². The van der Waals surface area contributed by atoms with Gasteiger partial charge >= 0.3 is 5.97 Å². The van der Waals surface area contributed by atoms with Crippen molar-refractivity contribution in [1.29, 1.82) is 0 Å². The molecular formula is C18H28N2O5. The second kappa shape index (κ2) is 9.88. The van der Waals surface area contributed by atoms with E-state index >= 15 is 0 Å². The highest BCUT2D eigenvalue weighted by Gasteiger charge is 2.24. The van der Waals surface area contributed by atoms with Gasteiger partial charge in [0.25, 0.3) is 0 Å². The third-order valence-corrected chi connectivity index (χ3v) is 3.98. The first-order valence-electron chi connectivity index (χ1n) is 8.35. The SMILES string of the molecule is CCCC(NC(C)C(=O)NC(C)c1cc(OC)ccc1OC)C(=O)O. The molecule has 3 unspecified atom stereocenters. The molecule has 0 saturated heterocycles. The van der Waals surface area contributed by atoms with Crippen LogP contribution in [0.25, 0.3) is 0 Å². The number of hydrogen-bond donors (Lipinski definition) is 3. The van der Waals surface area contributed by atoms with E-state index in [-0.39, 0.29) is 11.9 Å². The highest BCUT2D eigenvalue weighted by molar-refractivity contribution is 5.83. The quantitative estimate of drug-likeness (QED) is 0.597. The van der Waals surface area contributed by atoms with E-state index < -0.39 is 18.1 Å². The van der Waals surface area contributed by atoms with Gasteiger partial charge < -0.3 is 19.9 Å². The lowest BCUT2D eigenvalue weighted by Gasteiger charge is -2.23. The first kappa shape index (κ1) is 20.8. The first-order valence-corrected chi connectivity index (χ1v) is 8.35. The maximum Gasteiger partial charge on any atom is 0.320 e. The van der Waals surface area contributed by atoms with E-state index in [0.717, 1.165) is 12.0 Å². The van der Waals surface area contributed by atoms with Gasteiger partial charge in [0.15, 0.2) is 0 Å². The number of ether oxygens (including phenoxy) is 2. The van der Waals surface area contributed by atoms with E-state index in [0.29, 0.717) is 17.9 Å². The molecule has 7 heteroatoms. The average molecular weight is 352 g/mol. The van der Waals surface area contributed by atoms with Crippen molar-refractivity contribution in [2.75, 3.05) is 14.2 Å². The summed E-state index contributed by atoms with van der Waals surface area (Å²) in [6.07, 6.45) is 1.18. The Balaban J connectivity index is 2.80. The largest absolute Gasteiger partial charge is 0.497 e. The number of benzene rings is 1. The van der Waals surface area contributed by atoms with E-state index in [1.54, 1.807) is 39.3 Å². The number of carboxylic acid groups (broad SMARTS) is 1. The minimum absolute atomic E-state index is 0.278. The van der Waals surface area contributed by atoms with Crippen LogP contribution in [-0.2, 0) is 9.59 Å². The smallest absolute Gasteiger partial charge is 0.320 e. The van der Waals surface area contributed by atoms with Gasteiger partial charge in [0.2, 0.25) is 5.91 Å². The molecule has 0 aliphatic heterocycles. The van der Waals surface area contributed by atoms with E-state index in [2.05, 4.69) is 10.6 Å².